The molecule has 0 atom stereocenters. The van der Waals surface area contributed by atoms with Gasteiger partial charge in [0.25, 0.3) is 0 Å². The first kappa shape index (κ1) is 24.3. The van der Waals surface area contributed by atoms with Gasteiger partial charge in [-0.1, -0.05) is 74.0 Å². The Bertz CT molecular complexity index is 1170. The number of benzene rings is 3. The molecule has 0 nitrogen and oxygen atoms in total. The second-order valence-electron chi connectivity index (χ2n) is 9.20. The number of hydrogen-bond acceptors (Lipinski definition) is 0. The molecule has 0 aromatic heterocycles. The van der Waals surface area contributed by atoms with Crippen LogP contribution in [0.4, 0.5) is 17.6 Å². The van der Waals surface area contributed by atoms with E-state index in [2.05, 4.69) is 12.2 Å². The Labute approximate surface area is 199 Å². The molecule has 3 aromatic rings. The Morgan fingerprint density at radius 3 is 1.82 bits per heavy atom. The van der Waals surface area contributed by atoms with Crippen molar-refractivity contribution in [3.05, 3.63) is 95.1 Å². The van der Waals surface area contributed by atoms with Gasteiger partial charge in [0.2, 0.25) is 0 Å². The lowest BCUT2D eigenvalue weighted by Gasteiger charge is -2.27. The van der Waals surface area contributed by atoms with Gasteiger partial charge in [-0.05, 0) is 73.1 Å². The van der Waals surface area contributed by atoms with E-state index >= 15 is 8.78 Å². The summed E-state index contributed by atoms with van der Waals surface area (Å²) in [4.78, 5) is 0. The van der Waals surface area contributed by atoms with Crippen LogP contribution < -0.4 is 0 Å². The summed E-state index contributed by atoms with van der Waals surface area (Å²) in [5.74, 6) is -2.80. The highest BCUT2D eigenvalue weighted by Gasteiger charge is 2.25. The van der Waals surface area contributed by atoms with Crippen LogP contribution in [0.3, 0.4) is 0 Å². The number of rotatable bonds is 6. The second-order valence-corrected chi connectivity index (χ2v) is 9.20. The Kier molecular flexibility index (Phi) is 7.55. The summed E-state index contributed by atoms with van der Waals surface area (Å²) in [7, 11) is 0. The van der Waals surface area contributed by atoms with Gasteiger partial charge in [0.05, 0.1) is 0 Å². The summed E-state index contributed by atoms with van der Waals surface area (Å²) in [6, 6.07) is 13.0. The highest BCUT2D eigenvalue weighted by Crippen LogP contribution is 2.39. The molecule has 1 aliphatic rings. The lowest BCUT2D eigenvalue weighted by Crippen LogP contribution is -2.13. The van der Waals surface area contributed by atoms with E-state index in [0.717, 1.165) is 32.1 Å². The van der Waals surface area contributed by atoms with E-state index in [-0.39, 0.29) is 17.0 Å². The van der Waals surface area contributed by atoms with Crippen LogP contribution in [0, 0.1) is 29.2 Å². The lowest BCUT2D eigenvalue weighted by atomic mass is 9.78. The molecule has 0 saturated heterocycles. The van der Waals surface area contributed by atoms with Crippen LogP contribution in [0.5, 0.6) is 0 Å². The van der Waals surface area contributed by atoms with Gasteiger partial charge >= 0.3 is 0 Å². The van der Waals surface area contributed by atoms with Crippen molar-refractivity contribution in [3.63, 3.8) is 0 Å². The summed E-state index contributed by atoms with van der Waals surface area (Å²) < 4.78 is 59.1. The maximum Gasteiger partial charge on any atom is 0.166 e. The predicted octanol–water partition coefficient (Wildman–Crippen LogP) is 9.38. The molecule has 0 radical (unpaired) electrons. The molecule has 1 fully saturated rings. The summed E-state index contributed by atoms with van der Waals surface area (Å²) in [5, 5.41) is 0. The van der Waals surface area contributed by atoms with E-state index in [9.17, 15) is 8.78 Å². The van der Waals surface area contributed by atoms with E-state index in [1.54, 1.807) is 48.5 Å². The van der Waals surface area contributed by atoms with E-state index in [4.69, 9.17) is 0 Å². The van der Waals surface area contributed by atoms with Crippen LogP contribution in [0.2, 0.25) is 0 Å². The van der Waals surface area contributed by atoms with Crippen molar-refractivity contribution >= 4 is 0 Å². The molecule has 0 aliphatic heterocycles. The molecule has 34 heavy (non-hydrogen) atoms. The molecular formula is C30H30F4. The highest BCUT2D eigenvalue weighted by atomic mass is 19.2. The van der Waals surface area contributed by atoms with Gasteiger partial charge in [-0.3, -0.25) is 0 Å². The van der Waals surface area contributed by atoms with Gasteiger partial charge in [-0.2, -0.15) is 0 Å². The standard InChI is InChI=1S/C30H30F4/c1-3-5-19-7-9-20(10-8-19)25-17-18-26(30(34)29(25)33)22-13-11-21(12-14-22)24-16-15-23(6-4-2)27(31)28(24)32/h3,5,11-20H,4,6-10H2,1-2H3/b5-3+. The molecule has 0 amide bonds. The zero-order chi connectivity index (χ0) is 24.2. The van der Waals surface area contributed by atoms with E-state index in [0.29, 0.717) is 34.6 Å². The van der Waals surface area contributed by atoms with Gasteiger partial charge in [0.15, 0.2) is 23.3 Å². The monoisotopic (exact) mass is 466 g/mol. The molecule has 0 spiro atoms. The van der Waals surface area contributed by atoms with E-state index in [1.807, 2.05) is 13.8 Å². The highest BCUT2D eigenvalue weighted by molar-refractivity contribution is 5.71. The molecule has 0 heterocycles. The smallest absolute Gasteiger partial charge is 0.166 e. The van der Waals surface area contributed by atoms with Crippen LogP contribution in [0.15, 0.2) is 60.7 Å². The third kappa shape index (κ3) is 4.82. The molecular weight excluding hydrogens is 436 g/mol. The zero-order valence-electron chi connectivity index (χ0n) is 19.7. The minimum absolute atomic E-state index is 0.0287. The second kappa shape index (κ2) is 10.6. The van der Waals surface area contributed by atoms with Crippen LogP contribution in [0.1, 0.15) is 63.0 Å². The summed E-state index contributed by atoms with van der Waals surface area (Å²) >= 11 is 0. The average molecular weight is 467 g/mol. The maximum absolute atomic E-state index is 15.1. The van der Waals surface area contributed by atoms with Gasteiger partial charge in [0.1, 0.15) is 0 Å². The molecule has 1 saturated carbocycles. The number of aryl methyl sites for hydroxylation is 1. The van der Waals surface area contributed by atoms with Crippen molar-refractivity contribution in [1.82, 2.24) is 0 Å². The lowest BCUT2D eigenvalue weighted by molar-refractivity contribution is 0.364. The van der Waals surface area contributed by atoms with Gasteiger partial charge in [0, 0.05) is 11.1 Å². The molecule has 178 valence electrons. The Hall–Kier alpha value is -2.88. The minimum Gasteiger partial charge on any atom is -0.203 e. The van der Waals surface area contributed by atoms with Crippen LogP contribution >= 0.6 is 0 Å². The number of hydrogen-bond donors (Lipinski definition) is 0. The van der Waals surface area contributed by atoms with Crippen LogP contribution in [0.25, 0.3) is 22.3 Å². The largest absolute Gasteiger partial charge is 0.203 e. The first-order valence-electron chi connectivity index (χ1n) is 12.1. The third-order valence-electron chi connectivity index (χ3n) is 6.98. The first-order chi connectivity index (χ1) is 16.4. The molecule has 0 unspecified atom stereocenters. The van der Waals surface area contributed by atoms with Crippen LogP contribution in [-0.2, 0) is 6.42 Å². The van der Waals surface area contributed by atoms with Gasteiger partial charge in [-0.15, -0.1) is 0 Å². The fraction of sp³-hybridized carbons (Fsp3) is 0.333. The Morgan fingerprint density at radius 2 is 1.26 bits per heavy atom. The summed E-state index contributed by atoms with van der Waals surface area (Å²) in [5.41, 5.74) is 2.10. The van der Waals surface area contributed by atoms with Crippen molar-refractivity contribution < 1.29 is 17.6 Å². The normalized spacial score (nSPS) is 18.5. The molecule has 0 N–H and O–H groups in total. The molecule has 0 bridgehead atoms. The summed E-state index contributed by atoms with van der Waals surface area (Å²) in [6.45, 7) is 3.92. The van der Waals surface area contributed by atoms with Crippen molar-refractivity contribution in [2.75, 3.05) is 0 Å². The summed E-state index contributed by atoms with van der Waals surface area (Å²) in [6.07, 6.45) is 9.10. The SMILES string of the molecule is C/C=C/C1CCC(c2ccc(-c3ccc(-c4ccc(CCC)c(F)c4F)cc3)c(F)c2F)CC1. The number of allylic oxidation sites excluding steroid dienone is 2. The molecule has 4 rings (SSSR count). The molecule has 3 aromatic carbocycles. The fourth-order valence-electron chi connectivity index (χ4n) is 5.10. The minimum atomic E-state index is -0.885. The van der Waals surface area contributed by atoms with Crippen molar-refractivity contribution in [2.24, 2.45) is 5.92 Å². The fourth-order valence-corrected chi connectivity index (χ4v) is 5.10. The zero-order valence-corrected chi connectivity index (χ0v) is 19.7. The Balaban J connectivity index is 1.57. The van der Waals surface area contributed by atoms with Gasteiger partial charge < -0.3 is 0 Å². The molecule has 1 aliphatic carbocycles. The number of halogens is 4. The maximum atomic E-state index is 15.1. The first-order valence-corrected chi connectivity index (χ1v) is 12.1. The Morgan fingerprint density at radius 1 is 0.706 bits per heavy atom. The van der Waals surface area contributed by atoms with Crippen molar-refractivity contribution in [1.29, 1.82) is 0 Å². The van der Waals surface area contributed by atoms with E-state index in [1.165, 1.54) is 0 Å². The van der Waals surface area contributed by atoms with Crippen molar-refractivity contribution in [2.45, 2.75) is 58.3 Å². The third-order valence-corrected chi connectivity index (χ3v) is 6.98. The van der Waals surface area contributed by atoms with Crippen molar-refractivity contribution in [3.8, 4) is 22.3 Å². The molecule has 4 heteroatoms. The average Bonchev–Trinajstić information content (AvgIpc) is 2.85. The van der Waals surface area contributed by atoms with Gasteiger partial charge in [-0.25, -0.2) is 17.6 Å². The quantitative estimate of drug-likeness (QED) is 0.251. The predicted molar refractivity (Wildman–Crippen MR) is 131 cm³/mol. The van der Waals surface area contributed by atoms with E-state index < -0.39 is 23.3 Å². The topological polar surface area (TPSA) is 0 Å². The van der Waals surface area contributed by atoms with Crippen LogP contribution in [-0.4, -0.2) is 0 Å².